The minimum absolute atomic E-state index is 0.298. The van der Waals surface area contributed by atoms with Crippen molar-refractivity contribution in [3.05, 3.63) is 78.2 Å². The Kier molecular flexibility index (Phi) is 5.84. The Bertz CT molecular complexity index is 895. The van der Waals surface area contributed by atoms with Crippen molar-refractivity contribution in [2.45, 2.75) is 6.54 Å². The lowest BCUT2D eigenvalue weighted by Crippen LogP contribution is -2.22. The summed E-state index contributed by atoms with van der Waals surface area (Å²) in [7, 11) is 1.61. The first-order valence-electron chi connectivity index (χ1n) is 8.22. The van der Waals surface area contributed by atoms with Gasteiger partial charge in [-0.3, -0.25) is 0 Å². The zero-order valence-electron chi connectivity index (χ0n) is 14.7. The maximum absolute atomic E-state index is 12.9. The Morgan fingerprint density at radius 1 is 1.04 bits per heavy atom. The fourth-order valence-corrected chi connectivity index (χ4v) is 2.23. The molecule has 0 spiro atoms. The van der Waals surface area contributed by atoms with Gasteiger partial charge in [0.25, 0.3) is 0 Å². The Labute approximate surface area is 156 Å². The second kappa shape index (κ2) is 8.66. The molecule has 0 fully saturated rings. The van der Waals surface area contributed by atoms with Crippen molar-refractivity contribution >= 4 is 11.6 Å². The predicted octanol–water partition coefficient (Wildman–Crippen LogP) is 3.95. The van der Waals surface area contributed by atoms with Crippen molar-refractivity contribution in [1.29, 1.82) is 0 Å². The van der Waals surface area contributed by atoms with Gasteiger partial charge in [0.2, 0.25) is 5.88 Å². The number of aliphatic imine (C=N–C) groups is 1. The first-order chi connectivity index (χ1) is 13.1. The van der Waals surface area contributed by atoms with Gasteiger partial charge in [-0.05, 0) is 54.1 Å². The number of pyridine rings is 1. The van der Waals surface area contributed by atoms with Crippen LogP contribution in [0, 0.1) is 5.82 Å². The van der Waals surface area contributed by atoms with Crippen LogP contribution in [0.2, 0.25) is 0 Å². The predicted molar refractivity (Wildman–Crippen MR) is 103 cm³/mol. The van der Waals surface area contributed by atoms with E-state index < -0.39 is 0 Å². The fourth-order valence-electron chi connectivity index (χ4n) is 2.23. The molecule has 3 N–H and O–H groups in total. The third kappa shape index (κ3) is 5.43. The summed E-state index contributed by atoms with van der Waals surface area (Å²) in [6, 6.07) is 16.7. The highest BCUT2D eigenvalue weighted by Gasteiger charge is 2.01. The van der Waals surface area contributed by atoms with E-state index in [2.05, 4.69) is 15.3 Å². The number of benzene rings is 2. The molecule has 3 rings (SSSR count). The monoisotopic (exact) mass is 366 g/mol. The van der Waals surface area contributed by atoms with Crippen LogP contribution in [0.5, 0.6) is 17.4 Å². The smallest absolute Gasteiger partial charge is 0.219 e. The topological polar surface area (TPSA) is 81.8 Å². The number of hydrogen-bond acceptors (Lipinski definition) is 4. The number of methoxy groups -OCH3 is 1. The molecule has 0 amide bonds. The van der Waals surface area contributed by atoms with E-state index in [0.717, 1.165) is 17.0 Å². The number of halogens is 1. The van der Waals surface area contributed by atoms with Crippen molar-refractivity contribution in [3.8, 4) is 17.4 Å². The van der Waals surface area contributed by atoms with E-state index in [1.165, 1.54) is 12.1 Å². The summed E-state index contributed by atoms with van der Waals surface area (Å²) in [4.78, 5) is 8.50. The maximum atomic E-state index is 12.9. The van der Waals surface area contributed by atoms with Gasteiger partial charge >= 0.3 is 0 Å². The standard InChI is InChI=1S/C20H19FN4O2/c1-26-17-9-5-16(6-10-17)25-20(22)24-13-14-2-11-19(23-12-14)27-18-7-3-15(21)4-8-18/h2-12H,13H2,1H3,(H3,22,24,25). The molecule has 6 nitrogen and oxygen atoms in total. The zero-order valence-corrected chi connectivity index (χ0v) is 14.7. The van der Waals surface area contributed by atoms with E-state index in [1.54, 1.807) is 31.5 Å². The molecule has 0 unspecified atom stereocenters. The molecule has 27 heavy (non-hydrogen) atoms. The molecular formula is C20H19FN4O2. The number of anilines is 1. The summed E-state index contributed by atoms with van der Waals surface area (Å²) in [6.07, 6.45) is 1.66. The van der Waals surface area contributed by atoms with Gasteiger partial charge in [0.05, 0.1) is 13.7 Å². The molecule has 2 aromatic carbocycles. The Balaban J connectivity index is 1.55. The Hall–Kier alpha value is -3.61. The summed E-state index contributed by atoms with van der Waals surface area (Å²) in [5, 5.41) is 3.01. The largest absolute Gasteiger partial charge is 0.497 e. The highest BCUT2D eigenvalue weighted by Crippen LogP contribution is 2.19. The molecule has 0 saturated carbocycles. The van der Waals surface area contributed by atoms with Gasteiger partial charge in [-0.2, -0.15) is 0 Å². The lowest BCUT2D eigenvalue weighted by Gasteiger charge is -2.07. The van der Waals surface area contributed by atoms with Crippen LogP contribution >= 0.6 is 0 Å². The van der Waals surface area contributed by atoms with E-state index in [4.69, 9.17) is 15.2 Å². The average molecular weight is 366 g/mol. The molecular weight excluding hydrogens is 347 g/mol. The van der Waals surface area contributed by atoms with E-state index in [1.807, 2.05) is 30.3 Å². The lowest BCUT2D eigenvalue weighted by atomic mass is 10.3. The molecule has 0 radical (unpaired) electrons. The van der Waals surface area contributed by atoms with Gasteiger partial charge in [0.15, 0.2) is 5.96 Å². The van der Waals surface area contributed by atoms with Gasteiger partial charge in [0, 0.05) is 18.0 Å². The second-order valence-corrected chi connectivity index (χ2v) is 5.62. The number of guanidine groups is 1. The van der Waals surface area contributed by atoms with Crippen LogP contribution in [0.15, 0.2) is 71.9 Å². The van der Waals surface area contributed by atoms with Gasteiger partial charge in [-0.1, -0.05) is 6.07 Å². The third-order valence-electron chi connectivity index (χ3n) is 3.63. The summed E-state index contributed by atoms with van der Waals surface area (Å²) in [5.41, 5.74) is 7.59. The number of ether oxygens (including phenoxy) is 2. The van der Waals surface area contributed by atoms with Crippen LogP contribution in [-0.2, 0) is 6.54 Å². The van der Waals surface area contributed by atoms with Gasteiger partial charge in [-0.25, -0.2) is 14.4 Å². The van der Waals surface area contributed by atoms with Crippen LogP contribution in [-0.4, -0.2) is 18.1 Å². The molecule has 0 aliphatic rings. The van der Waals surface area contributed by atoms with E-state index in [9.17, 15) is 4.39 Å². The lowest BCUT2D eigenvalue weighted by molar-refractivity contribution is 0.415. The highest BCUT2D eigenvalue weighted by molar-refractivity contribution is 5.92. The quantitative estimate of drug-likeness (QED) is 0.510. The summed E-state index contributed by atoms with van der Waals surface area (Å²) in [6.45, 7) is 0.374. The molecule has 0 aliphatic heterocycles. The molecule has 1 aromatic heterocycles. The number of nitrogens with zero attached hydrogens (tertiary/aromatic N) is 2. The van der Waals surface area contributed by atoms with Crippen LogP contribution in [0.25, 0.3) is 0 Å². The minimum atomic E-state index is -0.315. The molecule has 7 heteroatoms. The van der Waals surface area contributed by atoms with Crippen molar-refractivity contribution in [1.82, 2.24) is 4.98 Å². The number of rotatable bonds is 6. The van der Waals surface area contributed by atoms with Gasteiger partial charge < -0.3 is 20.5 Å². The fraction of sp³-hybridized carbons (Fsp3) is 0.100. The molecule has 0 atom stereocenters. The highest BCUT2D eigenvalue weighted by atomic mass is 19.1. The average Bonchev–Trinajstić information content (AvgIpc) is 2.70. The molecule has 0 aliphatic carbocycles. The van der Waals surface area contributed by atoms with Crippen LogP contribution < -0.4 is 20.5 Å². The molecule has 1 heterocycles. The molecule has 3 aromatic rings. The number of nitrogens with two attached hydrogens (primary N) is 1. The summed E-state index contributed by atoms with van der Waals surface area (Å²) >= 11 is 0. The van der Waals surface area contributed by atoms with Crippen molar-refractivity contribution in [3.63, 3.8) is 0 Å². The first-order valence-corrected chi connectivity index (χ1v) is 8.22. The van der Waals surface area contributed by atoms with Gasteiger partial charge in [-0.15, -0.1) is 0 Å². The third-order valence-corrected chi connectivity index (χ3v) is 3.63. The zero-order chi connectivity index (χ0) is 19.1. The van der Waals surface area contributed by atoms with Crippen LogP contribution in [0.3, 0.4) is 0 Å². The molecule has 0 bridgehead atoms. The molecule has 138 valence electrons. The van der Waals surface area contributed by atoms with Crippen molar-refractivity contribution in [2.75, 3.05) is 12.4 Å². The van der Waals surface area contributed by atoms with Gasteiger partial charge in [0.1, 0.15) is 17.3 Å². The second-order valence-electron chi connectivity index (χ2n) is 5.62. The Morgan fingerprint density at radius 3 is 2.37 bits per heavy atom. The normalized spacial score (nSPS) is 11.1. The number of hydrogen-bond donors (Lipinski definition) is 2. The maximum Gasteiger partial charge on any atom is 0.219 e. The molecule has 0 saturated heterocycles. The summed E-state index contributed by atoms with van der Waals surface area (Å²) < 4.78 is 23.6. The van der Waals surface area contributed by atoms with Crippen LogP contribution in [0.4, 0.5) is 10.1 Å². The van der Waals surface area contributed by atoms with Crippen molar-refractivity contribution < 1.29 is 13.9 Å². The Morgan fingerprint density at radius 2 is 1.74 bits per heavy atom. The first kappa shape index (κ1) is 18.2. The SMILES string of the molecule is COc1ccc(NC(N)=NCc2ccc(Oc3ccc(F)cc3)nc2)cc1. The minimum Gasteiger partial charge on any atom is -0.497 e. The number of nitrogens with one attached hydrogen (secondary N) is 1. The summed E-state index contributed by atoms with van der Waals surface area (Å²) in [5.74, 6) is 1.68. The van der Waals surface area contributed by atoms with Crippen molar-refractivity contribution in [2.24, 2.45) is 10.7 Å². The van der Waals surface area contributed by atoms with E-state index in [0.29, 0.717) is 24.1 Å². The van der Waals surface area contributed by atoms with E-state index in [-0.39, 0.29) is 5.82 Å². The number of aromatic nitrogens is 1. The van der Waals surface area contributed by atoms with Crippen LogP contribution in [0.1, 0.15) is 5.56 Å². The van der Waals surface area contributed by atoms with E-state index >= 15 is 0 Å².